The molecule has 5 rings (SSSR count). The van der Waals surface area contributed by atoms with Crippen LogP contribution in [0, 0.1) is 27.7 Å². The molecular formula is C29H26ClN3OS. The Bertz CT molecular complexity index is 1530. The Hall–Kier alpha value is -3.41. The zero-order chi connectivity index (χ0) is 24.7. The molecule has 5 aromatic rings. The van der Waals surface area contributed by atoms with Gasteiger partial charge in [-0.05, 0) is 86.3 Å². The predicted octanol–water partition coefficient (Wildman–Crippen LogP) is 8.23. The fourth-order valence-electron chi connectivity index (χ4n) is 4.00. The lowest BCUT2D eigenvalue weighted by atomic mass is 10.0. The van der Waals surface area contributed by atoms with E-state index in [0.717, 1.165) is 44.7 Å². The number of methoxy groups -OCH3 is 1. The number of hydrogen-bond donors (Lipinski definition) is 0. The van der Waals surface area contributed by atoms with E-state index in [0.29, 0.717) is 5.02 Å². The monoisotopic (exact) mass is 499 g/mol. The minimum atomic E-state index is 0.623. The first-order valence-electron chi connectivity index (χ1n) is 11.4. The van der Waals surface area contributed by atoms with Crippen LogP contribution in [0.1, 0.15) is 22.3 Å². The second-order valence-electron chi connectivity index (χ2n) is 8.76. The van der Waals surface area contributed by atoms with Gasteiger partial charge in [0.15, 0.2) is 0 Å². The molecule has 0 atom stereocenters. The zero-order valence-corrected chi connectivity index (χ0v) is 22.0. The van der Waals surface area contributed by atoms with Gasteiger partial charge in [-0.1, -0.05) is 35.9 Å². The molecular weight excluding hydrogens is 474 g/mol. The number of hydrogen-bond acceptors (Lipinski definition) is 4. The molecule has 2 aromatic heterocycles. The summed E-state index contributed by atoms with van der Waals surface area (Å²) in [6.45, 7) is 8.44. The normalized spacial score (nSPS) is 11.1. The van der Waals surface area contributed by atoms with Gasteiger partial charge in [-0.3, -0.25) is 0 Å². The van der Waals surface area contributed by atoms with Gasteiger partial charge in [0.2, 0.25) is 5.13 Å². The van der Waals surface area contributed by atoms with Crippen LogP contribution in [0.2, 0.25) is 5.02 Å². The maximum Gasteiger partial charge on any atom is 0.211 e. The van der Waals surface area contributed by atoms with E-state index in [-0.39, 0.29) is 0 Å². The average Bonchev–Trinajstić information content (AvgIpc) is 3.48. The predicted molar refractivity (Wildman–Crippen MR) is 146 cm³/mol. The summed E-state index contributed by atoms with van der Waals surface area (Å²) in [4.78, 5) is 4.93. The standard InChI is InChI=1S/C29H26ClN3OS/c1-17-6-8-22(14-19(17)3)27-26(30)28(23-9-7-18(2)20(4)15-23)33(32-27)29-31-25(16-35-29)21-10-12-24(34-5)13-11-21/h6-16H,1-5H3. The summed E-state index contributed by atoms with van der Waals surface area (Å²) >= 11 is 8.62. The largest absolute Gasteiger partial charge is 0.497 e. The lowest BCUT2D eigenvalue weighted by Gasteiger charge is -2.08. The molecule has 0 saturated carbocycles. The van der Waals surface area contributed by atoms with E-state index < -0.39 is 0 Å². The molecule has 0 amide bonds. The highest BCUT2D eigenvalue weighted by Crippen LogP contribution is 2.40. The van der Waals surface area contributed by atoms with Crippen LogP contribution in [0.4, 0.5) is 0 Å². The molecule has 0 spiro atoms. The van der Waals surface area contributed by atoms with Crippen molar-refractivity contribution in [3.63, 3.8) is 0 Å². The van der Waals surface area contributed by atoms with E-state index in [1.165, 1.54) is 22.3 Å². The quantitative estimate of drug-likeness (QED) is 0.244. The number of nitrogens with zero attached hydrogens (tertiary/aromatic N) is 3. The molecule has 0 unspecified atom stereocenters. The van der Waals surface area contributed by atoms with Crippen LogP contribution in [0.3, 0.4) is 0 Å². The summed E-state index contributed by atoms with van der Waals surface area (Å²) in [5.41, 5.74) is 10.4. The number of thiazole rings is 1. The summed E-state index contributed by atoms with van der Waals surface area (Å²) < 4.78 is 7.17. The Morgan fingerprint density at radius 2 is 1.37 bits per heavy atom. The molecule has 176 valence electrons. The molecule has 6 heteroatoms. The lowest BCUT2D eigenvalue weighted by molar-refractivity contribution is 0.415. The Kier molecular flexibility index (Phi) is 6.22. The van der Waals surface area contributed by atoms with Gasteiger partial charge >= 0.3 is 0 Å². The van der Waals surface area contributed by atoms with Crippen LogP contribution in [0.15, 0.2) is 66.0 Å². The topological polar surface area (TPSA) is 39.9 Å². The number of aromatic nitrogens is 3. The van der Waals surface area contributed by atoms with Gasteiger partial charge in [-0.25, -0.2) is 9.67 Å². The summed E-state index contributed by atoms with van der Waals surface area (Å²) in [5, 5.41) is 8.43. The smallest absolute Gasteiger partial charge is 0.211 e. The van der Waals surface area contributed by atoms with Gasteiger partial charge in [-0.2, -0.15) is 5.10 Å². The van der Waals surface area contributed by atoms with E-state index in [2.05, 4.69) is 64.1 Å². The van der Waals surface area contributed by atoms with Gasteiger partial charge in [0, 0.05) is 22.1 Å². The first-order valence-corrected chi connectivity index (χ1v) is 12.7. The number of ether oxygens (including phenoxy) is 1. The summed E-state index contributed by atoms with van der Waals surface area (Å²) in [7, 11) is 1.67. The maximum atomic E-state index is 7.07. The Balaban J connectivity index is 1.67. The van der Waals surface area contributed by atoms with Crippen LogP contribution in [0.25, 0.3) is 38.9 Å². The highest BCUT2D eigenvalue weighted by Gasteiger charge is 2.23. The summed E-state index contributed by atoms with van der Waals surface area (Å²) in [6, 6.07) is 20.6. The van der Waals surface area contributed by atoms with Crippen molar-refractivity contribution in [3.8, 4) is 44.7 Å². The first-order chi connectivity index (χ1) is 16.9. The van der Waals surface area contributed by atoms with E-state index in [1.54, 1.807) is 18.4 Å². The van der Waals surface area contributed by atoms with Gasteiger partial charge in [-0.15, -0.1) is 11.3 Å². The van der Waals surface area contributed by atoms with Crippen LogP contribution < -0.4 is 4.74 Å². The van der Waals surface area contributed by atoms with E-state index in [9.17, 15) is 0 Å². The number of aryl methyl sites for hydroxylation is 4. The zero-order valence-electron chi connectivity index (χ0n) is 20.4. The first kappa shape index (κ1) is 23.3. The van der Waals surface area contributed by atoms with Crippen LogP contribution in [-0.4, -0.2) is 21.9 Å². The van der Waals surface area contributed by atoms with Crippen molar-refractivity contribution >= 4 is 22.9 Å². The van der Waals surface area contributed by atoms with Gasteiger partial charge in [0.1, 0.15) is 11.4 Å². The van der Waals surface area contributed by atoms with Gasteiger partial charge in [0.25, 0.3) is 0 Å². The van der Waals surface area contributed by atoms with E-state index in [4.69, 9.17) is 26.4 Å². The third kappa shape index (κ3) is 4.38. The molecule has 0 aliphatic rings. The van der Waals surface area contributed by atoms with Crippen molar-refractivity contribution in [3.05, 3.63) is 93.3 Å². The third-order valence-electron chi connectivity index (χ3n) is 6.45. The third-order valence-corrected chi connectivity index (χ3v) is 7.62. The van der Waals surface area contributed by atoms with Crippen LogP contribution in [0.5, 0.6) is 5.75 Å². The fraction of sp³-hybridized carbons (Fsp3) is 0.172. The second kappa shape index (κ2) is 9.33. The highest BCUT2D eigenvalue weighted by atomic mass is 35.5. The summed E-state index contributed by atoms with van der Waals surface area (Å²) in [6.07, 6.45) is 0. The van der Waals surface area contributed by atoms with Crippen molar-refractivity contribution in [1.29, 1.82) is 0 Å². The van der Waals surface area contributed by atoms with Crippen molar-refractivity contribution in [2.45, 2.75) is 27.7 Å². The summed E-state index contributed by atoms with van der Waals surface area (Å²) in [5.74, 6) is 0.818. The molecule has 35 heavy (non-hydrogen) atoms. The molecule has 0 N–H and O–H groups in total. The Morgan fingerprint density at radius 3 is 2.00 bits per heavy atom. The molecule has 3 aromatic carbocycles. The SMILES string of the molecule is COc1ccc(-c2csc(-n3nc(-c4ccc(C)c(C)c4)c(Cl)c3-c3ccc(C)c(C)c3)n2)cc1. The molecule has 0 aliphatic heterocycles. The highest BCUT2D eigenvalue weighted by molar-refractivity contribution is 7.12. The molecule has 0 bridgehead atoms. The van der Waals surface area contributed by atoms with Crippen molar-refractivity contribution in [2.24, 2.45) is 0 Å². The molecule has 0 aliphatic carbocycles. The molecule has 0 radical (unpaired) electrons. The van der Waals surface area contributed by atoms with Crippen LogP contribution >= 0.6 is 22.9 Å². The Labute approximate surface area is 214 Å². The number of halogens is 1. The van der Waals surface area contributed by atoms with Gasteiger partial charge < -0.3 is 4.74 Å². The maximum absolute atomic E-state index is 7.07. The molecule has 0 fully saturated rings. The molecule has 4 nitrogen and oxygen atoms in total. The Morgan fingerprint density at radius 1 is 0.771 bits per heavy atom. The van der Waals surface area contributed by atoms with Gasteiger partial charge in [0.05, 0.1) is 23.5 Å². The van der Waals surface area contributed by atoms with Crippen molar-refractivity contribution in [2.75, 3.05) is 7.11 Å². The van der Waals surface area contributed by atoms with Crippen molar-refractivity contribution in [1.82, 2.24) is 14.8 Å². The van der Waals surface area contributed by atoms with Crippen molar-refractivity contribution < 1.29 is 4.74 Å². The number of benzene rings is 3. The van der Waals surface area contributed by atoms with E-state index in [1.807, 2.05) is 34.3 Å². The minimum absolute atomic E-state index is 0.623. The second-order valence-corrected chi connectivity index (χ2v) is 9.98. The lowest BCUT2D eigenvalue weighted by Crippen LogP contribution is -1.99. The fourth-order valence-corrected chi connectivity index (χ4v) is 5.13. The molecule has 2 heterocycles. The average molecular weight is 500 g/mol. The van der Waals surface area contributed by atoms with Crippen LogP contribution in [-0.2, 0) is 0 Å². The minimum Gasteiger partial charge on any atom is -0.497 e. The van der Waals surface area contributed by atoms with E-state index >= 15 is 0 Å². The number of rotatable bonds is 5. The molecule has 0 saturated heterocycles.